The van der Waals surface area contributed by atoms with Crippen LogP contribution in [0.3, 0.4) is 0 Å². The van der Waals surface area contributed by atoms with Gasteiger partial charge in [0.1, 0.15) is 5.82 Å². The Morgan fingerprint density at radius 3 is 2.92 bits per heavy atom. The van der Waals surface area contributed by atoms with Crippen LogP contribution in [0, 0.1) is 17.0 Å². The number of aryl methyl sites for hydroxylation is 1. The Bertz CT molecular complexity index is 823. The molecule has 0 aliphatic carbocycles. The van der Waals surface area contributed by atoms with E-state index in [1.165, 1.54) is 30.0 Å². The summed E-state index contributed by atoms with van der Waals surface area (Å²) in [4.78, 5) is 22.7. The van der Waals surface area contributed by atoms with Gasteiger partial charge in [-0.25, -0.2) is 0 Å². The van der Waals surface area contributed by atoms with E-state index in [0.29, 0.717) is 11.7 Å². The molecule has 8 nitrogen and oxygen atoms in total. The summed E-state index contributed by atoms with van der Waals surface area (Å²) in [7, 11) is 0. The fraction of sp³-hybridized carbons (Fsp3) is 0.267. The summed E-state index contributed by atoms with van der Waals surface area (Å²) in [5, 5.41) is 21.8. The van der Waals surface area contributed by atoms with Gasteiger partial charge >= 0.3 is 0 Å². The van der Waals surface area contributed by atoms with Gasteiger partial charge in [0.25, 0.3) is 5.69 Å². The molecular formula is C15H16ClN5O3S. The van der Waals surface area contributed by atoms with Crippen LogP contribution in [0.4, 0.5) is 11.4 Å². The number of nitrogens with zero attached hydrogens (tertiary/aromatic N) is 4. The Hall–Kier alpha value is -2.39. The van der Waals surface area contributed by atoms with Crippen molar-refractivity contribution in [2.24, 2.45) is 0 Å². The van der Waals surface area contributed by atoms with Crippen molar-refractivity contribution in [3.63, 3.8) is 0 Å². The standard InChI is InChI=1S/C15H16ClN5O3S/c1-4-7-20-10(3)18-19-15(20)25-9(2)14(22)17-13-8-11(21(23)24)5-6-12(13)16/h4-6,8-9H,1,7H2,2-3H3,(H,17,22). The summed E-state index contributed by atoms with van der Waals surface area (Å²) >= 11 is 7.23. The summed E-state index contributed by atoms with van der Waals surface area (Å²) in [6.07, 6.45) is 1.72. The zero-order valence-corrected chi connectivity index (χ0v) is 15.2. The number of benzene rings is 1. The number of hydrogen-bond donors (Lipinski definition) is 1. The molecule has 1 aromatic heterocycles. The number of allylic oxidation sites excluding steroid dienone is 1. The molecule has 132 valence electrons. The van der Waals surface area contributed by atoms with Crippen molar-refractivity contribution in [1.82, 2.24) is 14.8 Å². The first-order valence-electron chi connectivity index (χ1n) is 7.25. The van der Waals surface area contributed by atoms with Crippen LogP contribution in [-0.4, -0.2) is 30.8 Å². The molecule has 0 aliphatic rings. The second kappa shape index (κ2) is 8.13. The molecule has 10 heteroatoms. The highest BCUT2D eigenvalue weighted by Gasteiger charge is 2.20. The smallest absolute Gasteiger partial charge is 0.271 e. The summed E-state index contributed by atoms with van der Waals surface area (Å²) in [6.45, 7) is 7.73. The highest BCUT2D eigenvalue weighted by Crippen LogP contribution is 2.28. The molecule has 0 bridgehead atoms. The minimum absolute atomic E-state index is 0.152. The predicted octanol–water partition coefficient (Wildman–Crippen LogP) is 3.45. The maximum absolute atomic E-state index is 12.4. The molecule has 25 heavy (non-hydrogen) atoms. The van der Waals surface area contributed by atoms with E-state index in [4.69, 9.17) is 11.6 Å². The van der Waals surface area contributed by atoms with E-state index in [1.807, 2.05) is 11.5 Å². The average Bonchev–Trinajstić information content (AvgIpc) is 2.90. The first-order chi connectivity index (χ1) is 11.8. The summed E-state index contributed by atoms with van der Waals surface area (Å²) < 4.78 is 1.84. The van der Waals surface area contributed by atoms with Crippen molar-refractivity contribution in [1.29, 1.82) is 0 Å². The topological polar surface area (TPSA) is 103 Å². The average molecular weight is 382 g/mol. The number of hydrogen-bond acceptors (Lipinski definition) is 6. The van der Waals surface area contributed by atoms with Gasteiger partial charge in [-0.2, -0.15) is 0 Å². The van der Waals surface area contributed by atoms with Gasteiger partial charge in [-0.1, -0.05) is 29.4 Å². The minimum Gasteiger partial charge on any atom is -0.324 e. The lowest BCUT2D eigenvalue weighted by molar-refractivity contribution is -0.384. The highest BCUT2D eigenvalue weighted by molar-refractivity contribution is 8.00. The molecule has 0 aliphatic heterocycles. The van der Waals surface area contributed by atoms with E-state index in [0.717, 1.165) is 5.82 Å². The fourth-order valence-corrected chi connectivity index (χ4v) is 3.03. The van der Waals surface area contributed by atoms with Crippen LogP contribution in [0.15, 0.2) is 36.0 Å². The van der Waals surface area contributed by atoms with E-state index < -0.39 is 10.2 Å². The molecule has 0 radical (unpaired) electrons. The number of aromatic nitrogens is 3. The number of thioether (sulfide) groups is 1. The monoisotopic (exact) mass is 381 g/mol. The summed E-state index contributed by atoms with van der Waals surface area (Å²) in [6, 6.07) is 3.87. The van der Waals surface area contributed by atoms with Crippen molar-refractivity contribution < 1.29 is 9.72 Å². The number of rotatable bonds is 7. The SMILES string of the molecule is C=CCn1c(C)nnc1SC(C)C(=O)Nc1cc([N+](=O)[O-])ccc1Cl. The molecule has 0 fully saturated rings. The number of amides is 1. The number of nitro benzene ring substituents is 1. The van der Waals surface area contributed by atoms with Crippen LogP contribution in [0.2, 0.25) is 5.02 Å². The summed E-state index contributed by atoms with van der Waals surface area (Å²) in [5.74, 6) is 0.370. The third-order valence-electron chi connectivity index (χ3n) is 3.28. The van der Waals surface area contributed by atoms with Crippen LogP contribution >= 0.6 is 23.4 Å². The van der Waals surface area contributed by atoms with Gasteiger partial charge < -0.3 is 9.88 Å². The number of anilines is 1. The maximum Gasteiger partial charge on any atom is 0.271 e. The second-order valence-corrected chi connectivity index (χ2v) is 6.81. The fourth-order valence-electron chi connectivity index (χ4n) is 1.96. The summed E-state index contributed by atoms with van der Waals surface area (Å²) in [5.41, 5.74) is 0.0402. The van der Waals surface area contributed by atoms with Crippen LogP contribution in [0.25, 0.3) is 0 Å². The van der Waals surface area contributed by atoms with Crippen LogP contribution in [0.5, 0.6) is 0 Å². The number of nitrogens with one attached hydrogen (secondary N) is 1. The third-order valence-corrected chi connectivity index (χ3v) is 4.69. The van der Waals surface area contributed by atoms with Gasteiger partial charge in [0.15, 0.2) is 5.16 Å². The first-order valence-corrected chi connectivity index (χ1v) is 8.51. The van der Waals surface area contributed by atoms with Crippen molar-refractivity contribution in [2.75, 3.05) is 5.32 Å². The number of carbonyl (C=O) groups is 1. The largest absolute Gasteiger partial charge is 0.324 e. The lowest BCUT2D eigenvalue weighted by Gasteiger charge is -2.13. The normalized spacial score (nSPS) is 11.8. The highest BCUT2D eigenvalue weighted by atomic mass is 35.5. The Kier molecular flexibility index (Phi) is 6.16. The van der Waals surface area contributed by atoms with Crippen molar-refractivity contribution >= 4 is 40.6 Å². The molecule has 1 heterocycles. The Morgan fingerprint density at radius 1 is 1.56 bits per heavy atom. The molecular weight excluding hydrogens is 366 g/mol. The molecule has 0 spiro atoms. The zero-order valence-electron chi connectivity index (χ0n) is 13.6. The quantitative estimate of drug-likeness (QED) is 0.341. The maximum atomic E-state index is 12.4. The number of non-ortho nitro benzene ring substituents is 1. The molecule has 1 atom stereocenters. The minimum atomic E-state index is -0.551. The third kappa shape index (κ3) is 4.58. The molecule has 0 saturated heterocycles. The Labute approximate surface area is 153 Å². The molecule has 1 amide bonds. The first kappa shape index (κ1) is 18.9. The predicted molar refractivity (Wildman–Crippen MR) is 97.0 cm³/mol. The number of halogens is 1. The number of carbonyl (C=O) groups excluding carboxylic acids is 1. The Morgan fingerprint density at radius 2 is 2.28 bits per heavy atom. The van der Waals surface area contributed by atoms with Crippen molar-refractivity contribution in [2.45, 2.75) is 30.8 Å². The van der Waals surface area contributed by atoms with E-state index in [9.17, 15) is 14.9 Å². The van der Waals surface area contributed by atoms with Gasteiger partial charge in [0, 0.05) is 18.7 Å². The molecule has 0 saturated carbocycles. The lowest BCUT2D eigenvalue weighted by atomic mass is 10.2. The van der Waals surface area contributed by atoms with Gasteiger partial charge in [-0.15, -0.1) is 16.8 Å². The molecule has 1 N–H and O–H groups in total. The lowest BCUT2D eigenvalue weighted by Crippen LogP contribution is -2.23. The van der Waals surface area contributed by atoms with E-state index in [1.54, 1.807) is 13.0 Å². The molecule has 1 unspecified atom stereocenters. The van der Waals surface area contributed by atoms with Crippen LogP contribution in [-0.2, 0) is 11.3 Å². The molecule has 1 aromatic carbocycles. The molecule has 2 rings (SSSR count). The van der Waals surface area contributed by atoms with E-state index in [2.05, 4.69) is 22.1 Å². The van der Waals surface area contributed by atoms with Gasteiger partial charge in [0.2, 0.25) is 5.91 Å². The van der Waals surface area contributed by atoms with E-state index in [-0.39, 0.29) is 22.3 Å². The van der Waals surface area contributed by atoms with E-state index >= 15 is 0 Å². The van der Waals surface area contributed by atoms with Crippen LogP contribution < -0.4 is 5.32 Å². The second-order valence-electron chi connectivity index (χ2n) is 5.10. The molecule has 2 aromatic rings. The zero-order chi connectivity index (χ0) is 18.6. The van der Waals surface area contributed by atoms with Gasteiger partial charge in [-0.05, 0) is 19.9 Å². The van der Waals surface area contributed by atoms with Crippen molar-refractivity contribution in [3.8, 4) is 0 Å². The Balaban J connectivity index is 2.12. The van der Waals surface area contributed by atoms with Gasteiger partial charge in [-0.3, -0.25) is 14.9 Å². The van der Waals surface area contributed by atoms with Crippen LogP contribution in [0.1, 0.15) is 12.7 Å². The van der Waals surface area contributed by atoms with Gasteiger partial charge in [0.05, 0.1) is 20.9 Å². The number of nitro groups is 1. The van der Waals surface area contributed by atoms with Crippen molar-refractivity contribution in [3.05, 3.63) is 51.8 Å².